The Hall–Kier alpha value is -1.02. The fourth-order valence-electron chi connectivity index (χ4n) is 2.61. The van der Waals surface area contributed by atoms with Gasteiger partial charge in [0.2, 0.25) is 0 Å². The fraction of sp³-hybridized carbons (Fsp3) is 0.600. The van der Waals surface area contributed by atoms with Gasteiger partial charge in [-0.15, -0.1) is 0 Å². The van der Waals surface area contributed by atoms with E-state index in [2.05, 4.69) is 49.3 Å². The van der Waals surface area contributed by atoms with E-state index in [0.717, 1.165) is 13.1 Å². The first kappa shape index (κ1) is 12.4. The van der Waals surface area contributed by atoms with Gasteiger partial charge >= 0.3 is 0 Å². The Morgan fingerprint density at radius 1 is 1.41 bits per heavy atom. The smallest absolute Gasteiger partial charge is 0.0419 e. The molecule has 1 aromatic rings. The zero-order valence-corrected chi connectivity index (χ0v) is 11.3. The number of nitrogens with zero attached hydrogens (tertiary/aromatic N) is 1. The van der Waals surface area contributed by atoms with E-state index >= 15 is 0 Å². The molecule has 1 aromatic carbocycles. The van der Waals surface area contributed by atoms with Crippen LogP contribution in [0.25, 0.3) is 0 Å². The van der Waals surface area contributed by atoms with Gasteiger partial charge in [-0.25, -0.2) is 0 Å². The molecular formula is C15H24N2. The van der Waals surface area contributed by atoms with Gasteiger partial charge in [-0.3, -0.25) is 4.90 Å². The summed E-state index contributed by atoms with van der Waals surface area (Å²) in [6, 6.07) is 7.36. The van der Waals surface area contributed by atoms with E-state index in [4.69, 9.17) is 0 Å². The van der Waals surface area contributed by atoms with Crippen LogP contribution in [-0.4, -0.2) is 24.5 Å². The van der Waals surface area contributed by atoms with Crippen LogP contribution in [0.2, 0.25) is 0 Å². The minimum atomic E-state index is 0.664. The molecule has 1 aliphatic heterocycles. The van der Waals surface area contributed by atoms with Crippen molar-refractivity contribution in [2.24, 2.45) is 0 Å². The molecule has 2 rings (SSSR count). The molecule has 0 saturated carbocycles. The van der Waals surface area contributed by atoms with Gasteiger partial charge in [-0.1, -0.05) is 31.5 Å². The molecule has 0 aromatic heterocycles. The predicted octanol–water partition coefficient (Wildman–Crippen LogP) is 3.28. The average Bonchev–Trinajstić information content (AvgIpc) is 2.78. The molecule has 1 atom stereocenters. The van der Waals surface area contributed by atoms with Crippen LogP contribution >= 0.6 is 0 Å². The van der Waals surface area contributed by atoms with Crippen LogP contribution < -0.4 is 5.32 Å². The zero-order valence-electron chi connectivity index (χ0n) is 11.3. The van der Waals surface area contributed by atoms with Crippen LogP contribution in [0.5, 0.6) is 0 Å². The van der Waals surface area contributed by atoms with E-state index in [1.54, 1.807) is 0 Å². The highest BCUT2D eigenvalue weighted by molar-refractivity contribution is 5.61. The maximum Gasteiger partial charge on any atom is 0.0419 e. The largest absolute Gasteiger partial charge is 0.384 e. The zero-order chi connectivity index (χ0) is 12.3. The minimum Gasteiger partial charge on any atom is -0.384 e. The van der Waals surface area contributed by atoms with Crippen LogP contribution in [0.4, 0.5) is 5.69 Å². The topological polar surface area (TPSA) is 15.3 Å². The molecule has 1 N–H and O–H groups in total. The number of rotatable bonds is 5. The fourth-order valence-corrected chi connectivity index (χ4v) is 2.61. The average molecular weight is 232 g/mol. The summed E-state index contributed by atoms with van der Waals surface area (Å²) < 4.78 is 0. The molecule has 2 nitrogen and oxygen atoms in total. The first-order valence-electron chi connectivity index (χ1n) is 6.77. The van der Waals surface area contributed by atoms with Crippen molar-refractivity contribution in [3.63, 3.8) is 0 Å². The molecule has 17 heavy (non-hydrogen) atoms. The Kier molecular flexibility index (Phi) is 4.06. The van der Waals surface area contributed by atoms with Crippen LogP contribution in [0.15, 0.2) is 18.2 Å². The highest BCUT2D eigenvalue weighted by Gasteiger charge is 2.16. The standard InChI is InChI=1S/C15H24N2/c1-4-6-12(2)17(3)11-14-8-5-7-13-9-10-16-15(13)14/h5,7-8,12,16H,4,6,9-11H2,1-3H3. The normalized spacial score (nSPS) is 15.8. The molecular weight excluding hydrogens is 208 g/mol. The van der Waals surface area contributed by atoms with Crippen molar-refractivity contribution in [2.75, 3.05) is 18.9 Å². The summed E-state index contributed by atoms with van der Waals surface area (Å²) in [7, 11) is 2.23. The third-order valence-corrected chi connectivity index (χ3v) is 3.81. The number of hydrogen-bond acceptors (Lipinski definition) is 2. The predicted molar refractivity (Wildman–Crippen MR) is 74.5 cm³/mol. The molecule has 0 radical (unpaired) electrons. The second kappa shape index (κ2) is 5.54. The van der Waals surface area contributed by atoms with Crippen molar-refractivity contribution in [3.8, 4) is 0 Å². The molecule has 1 unspecified atom stereocenters. The van der Waals surface area contributed by atoms with E-state index in [0.29, 0.717) is 6.04 Å². The molecule has 1 heterocycles. The number of anilines is 1. The van der Waals surface area contributed by atoms with Crippen molar-refractivity contribution in [3.05, 3.63) is 29.3 Å². The van der Waals surface area contributed by atoms with E-state index < -0.39 is 0 Å². The second-order valence-electron chi connectivity index (χ2n) is 5.18. The van der Waals surface area contributed by atoms with Gasteiger partial charge in [0.1, 0.15) is 0 Å². The maximum atomic E-state index is 3.52. The van der Waals surface area contributed by atoms with E-state index in [1.165, 1.54) is 36.1 Å². The van der Waals surface area contributed by atoms with Crippen LogP contribution in [-0.2, 0) is 13.0 Å². The molecule has 0 aliphatic carbocycles. The van der Waals surface area contributed by atoms with E-state index in [-0.39, 0.29) is 0 Å². The highest BCUT2D eigenvalue weighted by atomic mass is 15.1. The van der Waals surface area contributed by atoms with Crippen LogP contribution in [0, 0.1) is 0 Å². The van der Waals surface area contributed by atoms with Gasteiger partial charge in [-0.05, 0) is 37.9 Å². The molecule has 0 amide bonds. The summed E-state index contributed by atoms with van der Waals surface area (Å²) >= 11 is 0. The number of fused-ring (bicyclic) bond motifs is 1. The molecule has 1 aliphatic rings. The SMILES string of the molecule is CCCC(C)N(C)Cc1cccc2c1NCC2. The van der Waals surface area contributed by atoms with Crippen LogP contribution in [0.3, 0.4) is 0 Å². The van der Waals surface area contributed by atoms with Gasteiger partial charge in [0, 0.05) is 24.8 Å². The summed E-state index contributed by atoms with van der Waals surface area (Å²) in [6.45, 7) is 6.73. The number of para-hydroxylation sites is 1. The summed E-state index contributed by atoms with van der Waals surface area (Å²) in [5, 5.41) is 3.52. The van der Waals surface area contributed by atoms with Gasteiger partial charge < -0.3 is 5.32 Å². The number of nitrogens with one attached hydrogen (secondary N) is 1. The molecule has 2 heteroatoms. The lowest BCUT2D eigenvalue weighted by atomic mass is 10.1. The molecule has 0 fully saturated rings. The molecule has 0 spiro atoms. The van der Waals surface area contributed by atoms with Crippen molar-refractivity contribution < 1.29 is 0 Å². The lowest BCUT2D eigenvalue weighted by Crippen LogP contribution is -2.28. The molecule has 0 bridgehead atoms. The summed E-state index contributed by atoms with van der Waals surface area (Å²) in [5.41, 5.74) is 4.33. The minimum absolute atomic E-state index is 0.664. The van der Waals surface area contributed by atoms with E-state index in [9.17, 15) is 0 Å². The summed E-state index contributed by atoms with van der Waals surface area (Å²) in [4.78, 5) is 2.46. The molecule has 0 saturated heterocycles. The van der Waals surface area contributed by atoms with Crippen molar-refractivity contribution in [1.29, 1.82) is 0 Å². The lowest BCUT2D eigenvalue weighted by Gasteiger charge is -2.25. The second-order valence-corrected chi connectivity index (χ2v) is 5.18. The van der Waals surface area contributed by atoms with Gasteiger partial charge in [0.15, 0.2) is 0 Å². The Bertz CT molecular complexity index is 373. The van der Waals surface area contributed by atoms with E-state index in [1.807, 2.05) is 0 Å². The Balaban J connectivity index is 2.06. The summed E-state index contributed by atoms with van der Waals surface area (Å²) in [6.07, 6.45) is 3.72. The van der Waals surface area contributed by atoms with Gasteiger partial charge in [0.25, 0.3) is 0 Å². The van der Waals surface area contributed by atoms with Crippen molar-refractivity contribution in [2.45, 2.75) is 45.7 Å². The monoisotopic (exact) mass is 232 g/mol. The van der Waals surface area contributed by atoms with Gasteiger partial charge in [0.05, 0.1) is 0 Å². The molecule has 94 valence electrons. The maximum absolute atomic E-state index is 3.52. The van der Waals surface area contributed by atoms with Gasteiger partial charge in [-0.2, -0.15) is 0 Å². The van der Waals surface area contributed by atoms with Crippen LogP contribution in [0.1, 0.15) is 37.8 Å². The highest BCUT2D eigenvalue weighted by Crippen LogP contribution is 2.27. The van der Waals surface area contributed by atoms with Crippen molar-refractivity contribution >= 4 is 5.69 Å². The Morgan fingerprint density at radius 2 is 2.24 bits per heavy atom. The summed E-state index contributed by atoms with van der Waals surface area (Å²) in [5.74, 6) is 0. The first-order valence-corrected chi connectivity index (χ1v) is 6.77. The first-order chi connectivity index (χ1) is 8.22. The number of benzene rings is 1. The lowest BCUT2D eigenvalue weighted by molar-refractivity contribution is 0.237. The quantitative estimate of drug-likeness (QED) is 0.838. The number of hydrogen-bond donors (Lipinski definition) is 1. The third-order valence-electron chi connectivity index (χ3n) is 3.81. The van der Waals surface area contributed by atoms with Crippen molar-refractivity contribution in [1.82, 2.24) is 4.90 Å². The Labute approximate surface area is 105 Å². The Morgan fingerprint density at radius 3 is 3.00 bits per heavy atom. The third kappa shape index (κ3) is 2.81.